The van der Waals surface area contributed by atoms with E-state index in [1.54, 1.807) is 0 Å². The first-order chi connectivity index (χ1) is 13.7. The SMILES string of the molecule is CC[NH+](CC)C(CNC(=O)c1cc(S(=O)(=O)N(C)C)ccc1Cl)c1ccccc1. The molecule has 0 aliphatic carbocycles. The number of hydrogen-bond acceptors (Lipinski definition) is 3. The zero-order chi connectivity index (χ0) is 21.6. The van der Waals surface area contributed by atoms with Crippen LogP contribution in [0, 0.1) is 0 Å². The number of nitrogens with one attached hydrogen (secondary N) is 2. The van der Waals surface area contributed by atoms with E-state index < -0.39 is 15.9 Å². The van der Waals surface area contributed by atoms with E-state index in [0.717, 1.165) is 23.0 Å². The van der Waals surface area contributed by atoms with Crippen LogP contribution in [-0.4, -0.2) is 52.4 Å². The normalized spacial score (nSPS) is 12.9. The van der Waals surface area contributed by atoms with Gasteiger partial charge in [0, 0.05) is 19.7 Å². The van der Waals surface area contributed by atoms with Crippen LogP contribution in [0.1, 0.15) is 35.8 Å². The van der Waals surface area contributed by atoms with Gasteiger partial charge in [0.1, 0.15) is 6.04 Å². The van der Waals surface area contributed by atoms with Crippen LogP contribution >= 0.6 is 11.6 Å². The average molecular weight is 439 g/mol. The Balaban J connectivity index is 2.26. The highest BCUT2D eigenvalue weighted by atomic mass is 35.5. The van der Waals surface area contributed by atoms with Gasteiger partial charge in [-0.3, -0.25) is 4.79 Å². The molecule has 8 heteroatoms. The molecule has 0 radical (unpaired) electrons. The third kappa shape index (κ3) is 5.57. The zero-order valence-electron chi connectivity index (χ0n) is 17.3. The second-order valence-electron chi connectivity index (χ2n) is 6.97. The third-order valence-corrected chi connectivity index (χ3v) is 7.17. The standard InChI is InChI=1S/C21H28ClN3O3S/c1-5-25(6-2)20(16-10-8-7-9-11-16)15-23-21(26)18-14-17(12-13-19(18)22)29(27,28)24(3)4/h7-14,20H,5-6,15H2,1-4H3,(H,23,26)/p+1. The van der Waals surface area contributed by atoms with Gasteiger partial charge in [-0.1, -0.05) is 41.9 Å². The molecular weight excluding hydrogens is 410 g/mol. The molecule has 1 atom stereocenters. The van der Waals surface area contributed by atoms with Crippen molar-refractivity contribution in [3.8, 4) is 0 Å². The Labute approximate surface area is 178 Å². The summed E-state index contributed by atoms with van der Waals surface area (Å²) in [6.45, 7) is 6.49. The van der Waals surface area contributed by atoms with Crippen LogP contribution in [0.25, 0.3) is 0 Å². The molecule has 2 N–H and O–H groups in total. The molecule has 2 aromatic rings. The molecule has 0 spiro atoms. The van der Waals surface area contributed by atoms with Gasteiger partial charge in [0.2, 0.25) is 10.0 Å². The van der Waals surface area contributed by atoms with Gasteiger partial charge < -0.3 is 10.2 Å². The second-order valence-corrected chi connectivity index (χ2v) is 9.53. The fraction of sp³-hybridized carbons (Fsp3) is 0.381. The number of hydrogen-bond donors (Lipinski definition) is 2. The summed E-state index contributed by atoms with van der Waals surface area (Å²) in [5.41, 5.74) is 1.29. The van der Waals surface area contributed by atoms with Crippen molar-refractivity contribution >= 4 is 27.5 Å². The number of sulfonamides is 1. The lowest BCUT2D eigenvalue weighted by Crippen LogP contribution is -3.12. The maximum atomic E-state index is 12.8. The van der Waals surface area contributed by atoms with Crippen LogP contribution in [0.3, 0.4) is 0 Å². The molecule has 6 nitrogen and oxygen atoms in total. The molecule has 0 aliphatic rings. The Hall–Kier alpha value is -1.93. The van der Waals surface area contributed by atoms with Gasteiger partial charge >= 0.3 is 0 Å². The lowest BCUT2D eigenvalue weighted by atomic mass is 10.0. The number of likely N-dealkylation sites (N-methyl/N-ethyl adjacent to an activating group) is 1. The first-order valence-corrected chi connectivity index (χ1v) is 11.4. The smallest absolute Gasteiger partial charge is 0.253 e. The Kier molecular flexibility index (Phi) is 8.22. The first kappa shape index (κ1) is 23.3. The maximum absolute atomic E-state index is 12.8. The highest BCUT2D eigenvalue weighted by Crippen LogP contribution is 2.22. The van der Waals surface area contributed by atoms with Crippen LogP contribution in [0.5, 0.6) is 0 Å². The van der Waals surface area contributed by atoms with E-state index in [1.807, 2.05) is 18.2 Å². The van der Waals surface area contributed by atoms with Crippen molar-refractivity contribution in [2.24, 2.45) is 0 Å². The van der Waals surface area contributed by atoms with E-state index in [9.17, 15) is 13.2 Å². The van der Waals surface area contributed by atoms with Gasteiger partial charge in [-0.2, -0.15) is 0 Å². The van der Waals surface area contributed by atoms with Crippen LogP contribution in [0.15, 0.2) is 53.4 Å². The minimum atomic E-state index is -3.65. The van der Waals surface area contributed by atoms with Crippen molar-refractivity contribution in [3.63, 3.8) is 0 Å². The van der Waals surface area contributed by atoms with E-state index in [4.69, 9.17) is 11.6 Å². The van der Waals surface area contributed by atoms with E-state index in [1.165, 1.54) is 37.2 Å². The lowest BCUT2D eigenvalue weighted by molar-refractivity contribution is -0.927. The maximum Gasteiger partial charge on any atom is 0.253 e. The van der Waals surface area contributed by atoms with Crippen LogP contribution in [0.4, 0.5) is 0 Å². The summed E-state index contributed by atoms with van der Waals surface area (Å²) < 4.78 is 25.9. The number of nitrogens with zero attached hydrogens (tertiary/aromatic N) is 1. The highest BCUT2D eigenvalue weighted by molar-refractivity contribution is 7.89. The van der Waals surface area contributed by atoms with Crippen molar-refractivity contribution in [1.82, 2.24) is 9.62 Å². The van der Waals surface area contributed by atoms with Crippen LogP contribution in [-0.2, 0) is 10.0 Å². The largest absolute Gasteiger partial charge is 0.346 e. The molecule has 0 aliphatic heterocycles. The highest BCUT2D eigenvalue weighted by Gasteiger charge is 2.24. The van der Waals surface area contributed by atoms with E-state index >= 15 is 0 Å². The quantitative estimate of drug-likeness (QED) is 0.629. The molecule has 0 saturated carbocycles. The summed E-state index contributed by atoms with van der Waals surface area (Å²) in [4.78, 5) is 14.2. The minimum absolute atomic E-state index is 0.0334. The molecule has 0 fully saturated rings. The number of benzene rings is 2. The molecule has 2 aromatic carbocycles. The van der Waals surface area contributed by atoms with Gasteiger partial charge in [0.05, 0.1) is 35.1 Å². The van der Waals surface area contributed by atoms with Crippen LogP contribution in [0.2, 0.25) is 5.02 Å². The van der Waals surface area contributed by atoms with E-state index in [-0.39, 0.29) is 21.5 Å². The summed E-state index contributed by atoms with van der Waals surface area (Å²) in [7, 11) is -0.764. The summed E-state index contributed by atoms with van der Waals surface area (Å²) in [5.74, 6) is -0.390. The lowest BCUT2D eigenvalue weighted by Gasteiger charge is -2.27. The van der Waals surface area contributed by atoms with E-state index in [0.29, 0.717) is 6.54 Å². The molecule has 158 valence electrons. The summed E-state index contributed by atoms with van der Waals surface area (Å²) in [6, 6.07) is 14.3. The molecule has 29 heavy (non-hydrogen) atoms. The van der Waals surface area contributed by atoms with Crippen molar-refractivity contribution in [2.75, 3.05) is 33.7 Å². The number of amides is 1. The van der Waals surface area contributed by atoms with Gasteiger partial charge in [-0.25, -0.2) is 12.7 Å². The molecule has 0 heterocycles. The monoisotopic (exact) mass is 438 g/mol. The van der Waals surface area contributed by atoms with Gasteiger partial charge in [0.15, 0.2) is 0 Å². The van der Waals surface area contributed by atoms with Crippen molar-refractivity contribution in [1.29, 1.82) is 0 Å². The number of carbonyl (C=O) groups is 1. The summed E-state index contributed by atoms with van der Waals surface area (Å²) in [6.07, 6.45) is 0. The number of quaternary nitrogens is 1. The molecular formula is C21H29ClN3O3S+. The first-order valence-electron chi connectivity index (χ1n) is 9.62. The molecule has 2 rings (SSSR count). The fourth-order valence-electron chi connectivity index (χ4n) is 3.27. The average Bonchev–Trinajstić information content (AvgIpc) is 2.71. The molecule has 1 amide bonds. The summed E-state index contributed by atoms with van der Waals surface area (Å²) in [5, 5.41) is 3.16. The number of rotatable bonds is 9. The van der Waals surface area contributed by atoms with Gasteiger partial charge in [-0.15, -0.1) is 0 Å². The second kappa shape index (κ2) is 10.2. The predicted octanol–water partition coefficient (Wildman–Crippen LogP) is 1.99. The number of carbonyl (C=O) groups excluding carboxylic acids is 1. The zero-order valence-corrected chi connectivity index (χ0v) is 18.8. The van der Waals surface area contributed by atoms with E-state index in [2.05, 4.69) is 31.3 Å². The van der Waals surface area contributed by atoms with Gasteiger partial charge in [-0.05, 0) is 32.0 Å². The number of halogens is 1. The third-order valence-electron chi connectivity index (χ3n) is 5.03. The molecule has 1 unspecified atom stereocenters. The van der Waals surface area contributed by atoms with Crippen molar-refractivity contribution in [2.45, 2.75) is 24.8 Å². The summed E-state index contributed by atoms with van der Waals surface area (Å²) >= 11 is 6.20. The fourth-order valence-corrected chi connectivity index (χ4v) is 4.40. The van der Waals surface area contributed by atoms with Gasteiger partial charge in [0.25, 0.3) is 5.91 Å². The van der Waals surface area contributed by atoms with Crippen molar-refractivity contribution in [3.05, 3.63) is 64.7 Å². The molecule has 0 aromatic heterocycles. The van der Waals surface area contributed by atoms with Crippen molar-refractivity contribution < 1.29 is 18.1 Å². The molecule has 0 saturated heterocycles. The molecule has 0 bridgehead atoms. The minimum Gasteiger partial charge on any atom is -0.346 e. The van der Waals surface area contributed by atoms with Crippen LogP contribution < -0.4 is 10.2 Å². The Morgan fingerprint density at radius 1 is 1.10 bits per heavy atom. The topological polar surface area (TPSA) is 70.9 Å². The Bertz CT molecular complexity index is 929. The predicted molar refractivity (Wildman–Crippen MR) is 116 cm³/mol. The Morgan fingerprint density at radius 3 is 2.28 bits per heavy atom. The Morgan fingerprint density at radius 2 is 1.72 bits per heavy atom.